The third kappa shape index (κ3) is 4.51. The first-order valence-corrected chi connectivity index (χ1v) is 8.37. The first-order chi connectivity index (χ1) is 11.8. The van der Waals surface area contributed by atoms with Gasteiger partial charge in [0.25, 0.3) is 0 Å². The summed E-state index contributed by atoms with van der Waals surface area (Å²) in [6.45, 7) is 8.48. The van der Waals surface area contributed by atoms with Crippen LogP contribution in [0.25, 0.3) is 0 Å². The second kappa shape index (κ2) is 8.03. The van der Waals surface area contributed by atoms with E-state index in [2.05, 4.69) is 25.2 Å². The van der Waals surface area contributed by atoms with Crippen molar-refractivity contribution in [3.8, 4) is 5.75 Å². The van der Waals surface area contributed by atoms with Gasteiger partial charge in [0.15, 0.2) is 0 Å². The van der Waals surface area contributed by atoms with Crippen LogP contribution >= 0.6 is 0 Å². The number of nitrogens with one attached hydrogen (secondary N) is 1. The molecule has 0 aliphatic carbocycles. The maximum atomic E-state index is 11.8. The number of hydrogen-bond donors (Lipinski definition) is 2. The van der Waals surface area contributed by atoms with Crippen molar-refractivity contribution in [1.82, 2.24) is 5.32 Å². The van der Waals surface area contributed by atoms with E-state index in [0.29, 0.717) is 16.7 Å². The third-order valence-electron chi connectivity index (χ3n) is 4.12. The number of rotatable bonds is 5. The molecule has 0 bridgehead atoms. The van der Waals surface area contributed by atoms with Crippen LogP contribution in [0.15, 0.2) is 36.4 Å². The number of carbonyl (C=O) groups excluding carboxylic acids is 1. The van der Waals surface area contributed by atoms with Crippen molar-refractivity contribution in [2.24, 2.45) is 0 Å². The molecule has 5 nitrogen and oxygen atoms in total. The van der Waals surface area contributed by atoms with Crippen molar-refractivity contribution < 1.29 is 14.7 Å². The molecule has 2 amide bonds. The van der Waals surface area contributed by atoms with E-state index < -0.39 is 6.03 Å². The van der Waals surface area contributed by atoms with Crippen LogP contribution in [0.5, 0.6) is 5.75 Å². The number of amides is 2. The lowest BCUT2D eigenvalue weighted by Crippen LogP contribution is -2.36. The number of urea groups is 1. The van der Waals surface area contributed by atoms with E-state index in [0.717, 1.165) is 22.4 Å². The zero-order valence-corrected chi connectivity index (χ0v) is 15.5. The van der Waals surface area contributed by atoms with Gasteiger partial charge in [-0.25, -0.2) is 4.79 Å². The minimum Gasteiger partial charge on any atom is -0.489 e. The highest BCUT2D eigenvalue weighted by Gasteiger charge is 2.17. The second-order valence-corrected chi connectivity index (χ2v) is 6.47. The Balaban J connectivity index is 2.32. The summed E-state index contributed by atoms with van der Waals surface area (Å²) in [5.41, 5.74) is 4.50. The topological polar surface area (TPSA) is 61.8 Å². The number of anilines is 1. The summed E-state index contributed by atoms with van der Waals surface area (Å²) in [5, 5.41) is 13.2. The molecule has 0 aliphatic heterocycles. The fourth-order valence-electron chi connectivity index (χ4n) is 2.62. The van der Waals surface area contributed by atoms with Crippen molar-refractivity contribution in [3.63, 3.8) is 0 Å². The Hall–Kier alpha value is -2.53. The Kier molecular flexibility index (Phi) is 6.04. The van der Waals surface area contributed by atoms with E-state index in [4.69, 9.17) is 4.74 Å². The monoisotopic (exact) mass is 342 g/mol. The average molecular weight is 342 g/mol. The molecule has 0 unspecified atom stereocenters. The molecule has 0 aromatic heterocycles. The second-order valence-electron chi connectivity index (χ2n) is 6.47. The van der Waals surface area contributed by atoms with Crippen LogP contribution in [0.4, 0.5) is 10.5 Å². The van der Waals surface area contributed by atoms with Gasteiger partial charge in [-0.1, -0.05) is 37.6 Å². The van der Waals surface area contributed by atoms with Gasteiger partial charge < -0.3 is 10.1 Å². The molecular weight excluding hydrogens is 316 g/mol. The van der Waals surface area contributed by atoms with Gasteiger partial charge in [0, 0.05) is 12.6 Å². The summed E-state index contributed by atoms with van der Waals surface area (Å²) in [6, 6.07) is 11.0. The number of ether oxygens (including phenoxy) is 1. The molecule has 25 heavy (non-hydrogen) atoms. The molecule has 0 aliphatic rings. The highest BCUT2D eigenvalue weighted by molar-refractivity contribution is 5.90. The van der Waals surface area contributed by atoms with Gasteiger partial charge in [0.05, 0.1) is 5.69 Å². The van der Waals surface area contributed by atoms with Gasteiger partial charge in [-0.05, 0) is 49.1 Å². The highest BCUT2D eigenvalue weighted by Crippen LogP contribution is 2.27. The first-order valence-electron chi connectivity index (χ1n) is 8.37. The smallest absolute Gasteiger partial charge is 0.345 e. The van der Waals surface area contributed by atoms with E-state index >= 15 is 0 Å². The van der Waals surface area contributed by atoms with Crippen LogP contribution < -0.4 is 15.1 Å². The summed E-state index contributed by atoms with van der Waals surface area (Å²) in [6.07, 6.45) is 0. The fourth-order valence-corrected chi connectivity index (χ4v) is 2.62. The van der Waals surface area contributed by atoms with Crippen LogP contribution in [-0.4, -0.2) is 18.3 Å². The van der Waals surface area contributed by atoms with Crippen molar-refractivity contribution in [3.05, 3.63) is 58.7 Å². The lowest BCUT2D eigenvalue weighted by molar-refractivity contribution is 0.205. The molecule has 0 saturated carbocycles. The Morgan fingerprint density at radius 2 is 1.92 bits per heavy atom. The van der Waals surface area contributed by atoms with Gasteiger partial charge in [0.1, 0.15) is 12.4 Å². The summed E-state index contributed by atoms with van der Waals surface area (Å²) < 4.78 is 5.95. The Bertz CT molecular complexity index is 757. The molecule has 2 rings (SSSR count). The minimum atomic E-state index is -0.593. The van der Waals surface area contributed by atoms with E-state index in [1.807, 2.05) is 38.1 Å². The Morgan fingerprint density at radius 1 is 1.20 bits per heavy atom. The molecular formula is C20H26N2O3. The average Bonchev–Trinajstić information content (AvgIpc) is 2.59. The molecule has 2 aromatic rings. The molecule has 0 atom stereocenters. The van der Waals surface area contributed by atoms with Crippen LogP contribution in [-0.2, 0) is 6.61 Å². The maximum absolute atomic E-state index is 11.8. The van der Waals surface area contributed by atoms with Gasteiger partial charge in [-0.3, -0.25) is 5.21 Å². The molecule has 5 heteroatoms. The number of carbonyl (C=O) groups is 1. The van der Waals surface area contributed by atoms with Crippen LogP contribution in [0, 0.1) is 13.8 Å². The van der Waals surface area contributed by atoms with Crippen molar-refractivity contribution in [1.29, 1.82) is 0 Å². The van der Waals surface area contributed by atoms with Crippen LogP contribution in [0.2, 0.25) is 0 Å². The summed E-state index contributed by atoms with van der Waals surface area (Å²) in [4.78, 5) is 11.8. The number of hydroxylamine groups is 1. The normalized spacial score (nSPS) is 10.7. The van der Waals surface area contributed by atoms with E-state index in [1.165, 1.54) is 12.6 Å². The third-order valence-corrected chi connectivity index (χ3v) is 4.12. The molecule has 0 radical (unpaired) electrons. The lowest BCUT2D eigenvalue weighted by Gasteiger charge is -2.20. The standard InChI is InChI=1S/C20H26N2O3/c1-13(2)16-7-8-18(22(24)20(23)21-5)17(11-16)12-25-19-9-6-14(3)10-15(19)4/h6-11,13,24H,12H2,1-5H3,(H,21,23). The molecule has 0 spiro atoms. The zero-order valence-electron chi connectivity index (χ0n) is 15.5. The van der Waals surface area contributed by atoms with Crippen LogP contribution in [0.1, 0.15) is 42.0 Å². The SMILES string of the molecule is CNC(=O)N(O)c1ccc(C(C)C)cc1COc1ccc(C)cc1C. The summed E-state index contributed by atoms with van der Waals surface area (Å²) in [5.74, 6) is 1.12. The minimum absolute atomic E-state index is 0.258. The Labute approximate surface area is 149 Å². The fraction of sp³-hybridized carbons (Fsp3) is 0.350. The predicted molar refractivity (Wildman–Crippen MR) is 99.5 cm³/mol. The van der Waals surface area contributed by atoms with Gasteiger partial charge in [0.2, 0.25) is 0 Å². The maximum Gasteiger partial charge on any atom is 0.345 e. The van der Waals surface area contributed by atoms with Gasteiger partial charge >= 0.3 is 6.03 Å². The zero-order chi connectivity index (χ0) is 18.6. The molecule has 134 valence electrons. The Morgan fingerprint density at radius 3 is 2.52 bits per heavy atom. The largest absolute Gasteiger partial charge is 0.489 e. The molecule has 0 fully saturated rings. The van der Waals surface area contributed by atoms with E-state index in [-0.39, 0.29) is 6.61 Å². The molecule has 2 aromatic carbocycles. The first kappa shape index (κ1) is 18.8. The molecule has 2 N–H and O–H groups in total. The van der Waals surface area contributed by atoms with E-state index in [9.17, 15) is 10.0 Å². The molecule has 0 saturated heterocycles. The van der Waals surface area contributed by atoms with E-state index in [1.54, 1.807) is 6.07 Å². The van der Waals surface area contributed by atoms with Crippen molar-refractivity contribution in [2.75, 3.05) is 12.1 Å². The van der Waals surface area contributed by atoms with Gasteiger partial charge in [-0.2, -0.15) is 5.06 Å². The predicted octanol–water partition coefficient (Wildman–Crippen LogP) is 4.54. The quantitative estimate of drug-likeness (QED) is 0.619. The number of hydrogen-bond acceptors (Lipinski definition) is 3. The highest BCUT2D eigenvalue weighted by atomic mass is 16.5. The van der Waals surface area contributed by atoms with Crippen molar-refractivity contribution in [2.45, 2.75) is 40.2 Å². The summed E-state index contributed by atoms with van der Waals surface area (Å²) >= 11 is 0. The van der Waals surface area contributed by atoms with Gasteiger partial charge in [-0.15, -0.1) is 0 Å². The van der Waals surface area contributed by atoms with Crippen molar-refractivity contribution >= 4 is 11.7 Å². The lowest BCUT2D eigenvalue weighted by atomic mass is 10.00. The number of benzene rings is 2. The molecule has 0 heterocycles. The summed E-state index contributed by atoms with van der Waals surface area (Å²) in [7, 11) is 1.47. The number of aryl methyl sites for hydroxylation is 2. The van der Waals surface area contributed by atoms with Crippen LogP contribution in [0.3, 0.4) is 0 Å². The number of nitrogens with zero attached hydrogens (tertiary/aromatic N) is 1.